The fraction of sp³-hybridized carbons (Fsp3) is 0.320. The number of ether oxygens (including phenoxy) is 1. The van der Waals surface area contributed by atoms with Crippen molar-refractivity contribution >= 4 is 12.0 Å². The molecule has 0 radical (unpaired) electrons. The summed E-state index contributed by atoms with van der Waals surface area (Å²) < 4.78 is 20.5. The van der Waals surface area contributed by atoms with Crippen LogP contribution in [0.5, 0.6) is 0 Å². The van der Waals surface area contributed by atoms with Gasteiger partial charge in [-0.25, -0.2) is 9.07 Å². The summed E-state index contributed by atoms with van der Waals surface area (Å²) in [6.07, 6.45) is 0.602. The van der Waals surface area contributed by atoms with Crippen LogP contribution in [0, 0.1) is 11.7 Å². The van der Waals surface area contributed by atoms with Gasteiger partial charge in [-0.2, -0.15) is 0 Å². The highest BCUT2D eigenvalue weighted by Crippen LogP contribution is 2.31. The number of aliphatic hydroxyl groups excluding tert-OH is 3. The van der Waals surface area contributed by atoms with Gasteiger partial charge < -0.3 is 25.4 Å². The van der Waals surface area contributed by atoms with Gasteiger partial charge in [0.05, 0.1) is 18.7 Å². The zero-order valence-corrected chi connectivity index (χ0v) is 18.6. The molecular formula is C25H25FN4O5. The Balaban J connectivity index is 1.35. The fourth-order valence-corrected chi connectivity index (χ4v) is 4.57. The molecule has 1 aromatic heterocycles. The summed E-state index contributed by atoms with van der Waals surface area (Å²) in [5.41, 5.74) is 2.89. The summed E-state index contributed by atoms with van der Waals surface area (Å²) in [7, 11) is 0. The maximum atomic E-state index is 13.6. The monoisotopic (exact) mass is 480 g/mol. The Morgan fingerprint density at radius 1 is 1.17 bits per heavy atom. The highest BCUT2D eigenvalue weighted by atomic mass is 19.1. The third-order valence-electron chi connectivity index (χ3n) is 6.45. The summed E-state index contributed by atoms with van der Waals surface area (Å²) >= 11 is 0. The van der Waals surface area contributed by atoms with Gasteiger partial charge in [0, 0.05) is 5.56 Å². The van der Waals surface area contributed by atoms with Crippen molar-refractivity contribution in [1.29, 1.82) is 0 Å². The van der Waals surface area contributed by atoms with E-state index in [9.17, 15) is 24.5 Å². The first-order valence-corrected chi connectivity index (χ1v) is 11.3. The molecule has 2 aliphatic rings. The number of carbonyl (C=O) groups excluding carboxylic acids is 1. The summed E-state index contributed by atoms with van der Waals surface area (Å²) in [5.74, 6) is -1.26. The van der Waals surface area contributed by atoms with E-state index >= 15 is 0 Å². The Bertz CT molecular complexity index is 1250. The van der Waals surface area contributed by atoms with Crippen LogP contribution >= 0.6 is 0 Å². The highest BCUT2D eigenvalue weighted by Gasteiger charge is 2.47. The number of carbonyl (C=O) groups is 1. The molecule has 0 bridgehead atoms. The number of amides is 1. The SMILES string of the molecule is O=C(N[C@@H]1OC(CO)[C@H](O)C(n2cc(-c3cccc(F)c3)nn2)C1O)C1C=Cc2ccccc2C1. The van der Waals surface area contributed by atoms with Crippen LogP contribution in [0.25, 0.3) is 17.3 Å². The lowest BCUT2D eigenvalue weighted by molar-refractivity contribution is -0.214. The number of nitrogens with one attached hydrogen (secondary N) is 1. The largest absolute Gasteiger partial charge is 0.394 e. The Hall–Kier alpha value is -3.44. The van der Waals surface area contributed by atoms with Crippen molar-refractivity contribution in [3.8, 4) is 11.3 Å². The van der Waals surface area contributed by atoms with E-state index in [0.29, 0.717) is 17.7 Å². The number of fused-ring (bicyclic) bond motifs is 1. The first-order valence-electron chi connectivity index (χ1n) is 11.3. The number of nitrogens with zero attached hydrogens (tertiary/aromatic N) is 3. The van der Waals surface area contributed by atoms with E-state index in [1.165, 1.54) is 29.1 Å². The zero-order chi connectivity index (χ0) is 24.5. The van der Waals surface area contributed by atoms with Crippen LogP contribution in [0.2, 0.25) is 0 Å². The molecule has 1 aliphatic carbocycles. The van der Waals surface area contributed by atoms with Gasteiger partial charge in [0.25, 0.3) is 0 Å². The van der Waals surface area contributed by atoms with Gasteiger partial charge in [-0.15, -0.1) is 5.10 Å². The van der Waals surface area contributed by atoms with Crippen molar-refractivity contribution in [1.82, 2.24) is 20.3 Å². The van der Waals surface area contributed by atoms with E-state index < -0.39 is 48.9 Å². The second-order valence-corrected chi connectivity index (χ2v) is 8.72. The maximum absolute atomic E-state index is 13.6. The minimum absolute atomic E-state index is 0.336. The van der Waals surface area contributed by atoms with Crippen LogP contribution in [0.1, 0.15) is 17.2 Å². The Labute approximate surface area is 200 Å². The van der Waals surface area contributed by atoms with Crippen LogP contribution in [0.4, 0.5) is 4.39 Å². The Morgan fingerprint density at radius 2 is 2.00 bits per heavy atom. The summed E-state index contributed by atoms with van der Waals surface area (Å²) in [6.45, 7) is -0.543. The molecule has 4 N–H and O–H groups in total. The quantitative estimate of drug-likeness (QED) is 0.430. The molecule has 2 heterocycles. The normalized spacial score (nSPS) is 27.9. The lowest BCUT2D eigenvalue weighted by atomic mass is 9.89. The average molecular weight is 480 g/mol. The first kappa shape index (κ1) is 23.3. The van der Waals surface area contributed by atoms with E-state index in [2.05, 4.69) is 15.6 Å². The molecule has 1 fully saturated rings. The number of halogens is 1. The Kier molecular flexibility index (Phi) is 6.44. The number of rotatable bonds is 5. The van der Waals surface area contributed by atoms with E-state index in [1.54, 1.807) is 12.1 Å². The number of aliphatic hydroxyl groups is 3. The fourth-order valence-electron chi connectivity index (χ4n) is 4.57. The van der Waals surface area contributed by atoms with Gasteiger partial charge in [-0.05, 0) is 29.7 Å². The molecule has 0 saturated carbocycles. The maximum Gasteiger partial charge on any atom is 0.229 e. The lowest BCUT2D eigenvalue weighted by Gasteiger charge is -2.42. The number of hydrogen-bond acceptors (Lipinski definition) is 7. The number of hydrogen-bond donors (Lipinski definition) is 4. The smallest absolute Gasteiger partial charge is 0.229 e. The van der Waals surface area contributed by atoms with Gasteiger partial charge >= 0.3 is 0 Å². The summed E-state index contributed by atoms with van der Waals surface area (Å²) in [6, 6.07) is 12.5. The van der Waals surface area contributed by atoms with Crippen molar-refractivity contribution in [2.75, 3.05) is 6.61 Å². The number of aromatic nitrogens is 3. The molecule has 0 spiro atoms. The Morgan fingerprint density at radius 3 is 2.80 bits per heavy atom. The van der Waals surface area contributed by atoms with Crippen molar-refractivity contribution in [2.24, 2.45) is 5.92 Å². The highest BCUT2D eigenvalue weighted by molar-refractivity contribution is 5.83. The second-order valence-electron chi connectivity index (χ2n) is 8.72. The van der Waals surface area contributed by atoms with Gasteiger partial charge in [-0.1, -0.05) is 53.8 Å². The van der Waals surface area contributed by atoms with E-state index in [0.717, 1.165) is 11.1 Å². The molecule has 1 saturated heterocycles. The van der Waals surface area contributed by atoms with Crippen molar-refractivity contribution in [3.05, 3.63) is 77.7 Å². The predicted molar refractivity (Wildman–Crippen MR) is 123 cm³/mol. The summed E-state index contributed by atoms with van der Waals surface area (Å²) in [5, 5.41) is 42.3. The third-order valence-corrected chi connectivity index (χ3v) is 6.45. The van der Waals surface area contributed by atoms with Crippen molar-refractivity contribution in [2.45, 2.75) is 37.0 Å². The molecule has 9 nitrogen and oxygen atoms in total. The van der Waals surface area contributed by atoms with Crippen molar-refractivity contribution in [3.63, 3.8) is 0 Å². The molecule has 3 aromatic rings. The molecule has 10 heteroatoms. The first-order chi connectivity index (χ1) is 16.9. The zero-order valence-electron chi connectivity index (χ0n) is 18.6. The molecule has 35 heavy (non-hydrogen) atoms. The summed E-state index contributed by atoms with van der Waals surface area (Å²) in [4.78, 5) is 13.0. The molecule has 6 atom stereocenters. The van der Waals surface area contributed by atoms with Crippen LogP contribution in [-0.2, 0) is 16.0 Å². The van der Waals surface area contributed by atoms with E-state index in [-0.39, 0.29) is 5.91 Å². The molecule has 4 unspecified atom stereocenters. The molecule has 1 aliphatic heterocycles. The molecule has 2 aromatic carbocycles. The molecule has 182 valence electrons. The predicted octanol–water partition coefficient (Wildman–Crippen LogP) is 1.07. The topological polar surface area (TPSA) is 130 Å². The van der Waals surface area contributed by atoms with Gasteiger partial charge in [-0.3, -0.25) is 4.79 Å². The third kappa shape index (κ3) is 4.61. The molecule has 1 amide bonds. The number of benzene rings is 2. The van der Waals surface area contributed by atoms with Gasteiger partial charge in [0.2, 0.25) is 5.91 Å². The standard InChI is InChI=1S/C25H25FN4O5/c26-18-7-3-6-16(11-18)19-12-30(29-28-19)21-22(32)20(13-31)35-25(23(21)33)27-24(34)17-9-8-14-4-1-2-5-15(14)10-17/h1-9,11-12,17,20-23,25,31-33H,10,13H2,(H,27,34)/t17?,20?,21?,22-,23?,25+/m0/s1. The minimum Gasteiger partial charge on any atom is -0.394 e. The second kappa shape index (κ2) is 9.67. The van der Waals surface area contributed by atoms with Crippen molar-refractivity contribution < 1.29 is 29.2 Å². The van der Waals surface area contributed by atoms with Crippen LogP contribution < -0.4 is 5.32 Å². The molecular weight excluding hydrogens is 455 g/mol. The lowest BCUT2D eigenvalue weighted by Crippen LogP contribution is -2.61. The van der Waals surface area contributed by atoms with Gasteiger partial charge in [0.1, 0.15) is 35.9 Å². The van der Waals surface area contributed by atoms with E-state index in [1.807, 2.05) is 30.3 Å². The average Bonchev–Trinajstić information content (AvgIpc) is 3.35. The van der Waals surface area contributed by atoms with Crippen LogP contribution in [0.15, 0.2) is 60.8 Å². The van der Waals surface area contributed by atoms with E-state index in [4.69, 9.17) is 4.74 Å². The van der Waals surface area contributed by atoms with Crippen LogP contribution in [-0.4, -0.2) is 67.4 Å². The van der Waals surface area contributed by atoms with Gasteiger partial charge in [0.15, 0.2) is 6.23 Å². The molecule has 5 rings (SSSR count). The minimum atomic E-state index is -1.40. The van der Waals surface area contributed by atoms with Crippen LogP contribution in [0.3, 0.4) is 0 Å².